The molecule has 1 fully saturated rings. The van der Waals surface area contributed by atoms with Crippen molar-refractivity contribution in [1.29, 1.82) is 0 Å². The van der Waals surface area contributed by atoms with E-state index in [1.807, 2.05) is 33.2 Å². The minimum absolute atomic E-state index is 0.0832. The van der Waals surface area contributed by atoms with Gasteiger partial charge in [-0.2, -0.15) is 0 Å². The molecule has 2 aromatic rings. The lowest BCUT2D eigenvalue weighted by Crippen LogP contribution is -2.48. The Morgan fingerprint density at radius 1 is 1.25 bits per heavy atom. The van der Waals surface area contributed by atoms with E-state index in [4.69, 9.17) is 11.5 Å². The van der Waals surface area contributed by atoms with Gasteiger partial charge in [0.1, 0.15) is 10.8 Å². The van der Waals surface area contributed by atoms with Crippen molar-refractivity contribution >= 4 is 29.1 Å². The van der Waals surface area contributed by atoms with E-state index in [0.29, 0.717) is 5.82 Å². The second-order valence-electron chi connectivity index (χ2n) is 7.05. The Labute approximate surface area is 173 Å². The fourth-order valence-corrected chi connectivity index (χ4v) is 4.21. The van der Waals surface area contributed by atoms with Crippen LogP contribution in [0.2, 0.25) is 0 Å². The molecule has 6 nitrogen and oxygen atoms in total. The highest BCUT2D eigenvalue weighted by Crippen LogP contribution is 2.36. The van der Waals surface area contributed by atoms with Crippen LogP contribution in [0, 0.1) is 0 Å². The van der Waals surface area contributed by atoms with Crippen molar-refractivity contribution < 1.29 is 0 Å². The zero-order chi connectivity index (χ0) is 20.7. The third kappa shape index (κ3) is 5.29. The Hall–Kier alpha value is -1.99. The molecule has 1 aliphatic heterocycles. The molecule has 1 saturated heterocycles. The van der Waals surface area contributed by atoms with Crippen molar-refractivity contribution in [3.8, 4) is 0 Å². The average Bonchev–Trinajstić information content (AvgIpc) is 2.70. The second kappa shape index (κ2) is 9.98. The zero-order valence-electron chi connectivity index (χ0n) is 17.7. The Morgan fingerprint density at radius 3 is 2.50 bits per heavy atom. The second-order valence-corrected chi connectivity index (χ2v) is 8.08. The molecule has 0 unspecified atom stereocenters. The number of aromatic nitrogens is 2. The highest BCUT2D eigenvalue weighted by molar-refractivity contribution is 7.99. The quantitative estimate of drug-likeness (QED) is 0.691. The van der Waals surface area contributed by atoms with E-state index in [1.54, 1.807) is 11.8 Å². The lowest BCUT2D eigenvalue weighted by molar-refractivity contribution is 0.363. The lowest BCUT2D eigenvalue weighted by atomic mass is 9.91. The largest absolute Gasteiger partial charge is 0.388 e. The first-order valence-corrected chi connectivity index (χ1v) is 10.9. The number of nitrogens with two attached hydrogens (primary N) is 2. The third-order valence-electron chi connectivity index (χ3n) is 4.94. The lowest BCUT2D eigenvalue weighted by Gasteiger charge is -2.37. The van der Waals surface area contributed by atoms with Gasteiger partial charge in [-0.05, 0) is 43.9 Å². The van der Waals surface area contributed by atoms with Crippen LogP contribution in [0.1, 0.15) is 46.1 Å². The number of rotatable bonds is 5. The number of benzene rings is 1. The molecule has 0 saturated carbocycles. The van der Waals surface area contributed by atoms with Crippen molar-refractivity contribution in [2.24, 2.45) is 5.73 Å². The van der Waals surface area contributed by atoms with Gasteiger partial charge in [-0.1, -0.05) is 38.6 Å². The van der Waals surface area contributed by atoms with Crippen LogP contribution < -0.4 is 21.7 Å². The molecule has 0 bridgehead atoms. The van der Waals surface area contributed by atoms with Crippen LogP contribution in [0.15, 0.2) is 34.3 Å². The van der Waals surface area contributed by atoms with Crippen molar-refractivity contribution in [2.75, 3.05) is 36.1 Å². The molecular weight excluding hydrogens is 368 g/mol. The topological polar surface area (TPSA) is 93.1 Å². The maximum Gasteiger partial charge on any atom is 0.158 e. The van der Waals surface area contributed by atoms with Crippen molar-refractivity contribution in [2.45, 2.75) is 62.4 Å². The molecule has 0 spiro atoms. The fourth-order valence-electron chi connectivity index (χ4n) is 3.22. The van der Waals surface area contributed by atoms with Gasteiger partial charge in [0.2, 0.25) is 0 Å². The molecule has 0 amide bonds. The van der Waals surface area contributed by atoms with Gasteiger partial charge in [0, 0.05) is 36.3 Å². The molecule has 2 heterocycles. The number of nitrogen functional groups attached to an aromatic ring is 1. The molecule has 154 valence electrons. The van der Waals surface area contributed by atoms with Crippen LogP contribution in [-0.4, -0.2) is 35.6 Å². The van der Waals surface area contributed by atoms with Gasteiger partial charge in [0.25, 0.3) is 0 Å². The van der Waals surface area contributed by atoms with Gasteiger partial charge in [0.15, 0.2) is 5.82 Å². The third-order valence-corrected chi connectivity index (χ3v) is 6.05. The van der Waals surface area contributed by atoms with E-state index in [1.165, 1.54) is 5.56 Å². The molecule has 0 radical (unpaired) electrons. The van der Waals surface area contributed by atoms with E-state index < -0.39 is 0 Å². The van der Waals surface area contributed by atoms with Gasteiger partial charge < -0.3 is 21.7 Å². The summed E-state index contributed by atoms with van der Waals surface area (Å²) in [6, 6.07) is 6.23. The number of nitrogens with zero attached hydrogens (tertiary/aromatic N) is 3. The molecule has 7 heteroatoms. The summed E-state index contributed by atoms with van der Waals surface area (Å²) in [7, 11) is 1.94. The van der Waals surface area contributed by atoms with Gasteiger partial charge in [-0.15, -0.1) is 0 Å². The Morgan fingerprint density at radius 2 is 1.93 bits per heavy atom. The first kappa shape index (κ1) is 22.3. The van der Waals surface area contributed by atoms with E-state index in [-0.39, 0.29) is 5.54 Å². The smallest absolute Gasteiger partial charge is 0.158 e. The van der Waals surface area contributed by atoms with Crippen molar-refractivity contribution in [1.82, 2.24) is 9.97 Å². The summed E-state index contributed by atoms with van der Waals surface area (Å²) < 4.78 is 0. The Balaban J connectivity index is 0.00000136. The first-order valence-electron chi connectivity index (χ1n) is 10.1. The highest BCUT2D eigenvalue weighted by Gasteiger charge is 2.27. The van der Waals surface area contributed by atoms with Gasteiger partial charge >= 0.3 is 0 Å². The summed E-state index contributed by atoms with van der Waals surface area (Å²) in [6.45, 7) is 10.0. The summed E-state index contributed by atoms with van der Waals surface area (Å²) in [5.74, 6) is 1.31. The number of anilines is 3. The molecule has 3 rings (SSSR count). The predicted molar refractivity (Wildman–Crippen MR) is 121 cm³/mol. The van der Waals surface area contributed by atoms with E-state index in [2.05, 4.69) is 46.2 Å². The predicted octanol–water partition coefficient (Wildman–Crippen LogP) is 4.16. The minimum atomic E-state index is -0.0832. The van der Waals surface area contributed by atoms with Crippen LogP contribution in [0.4, 0.5) is 17.3 Å². The molecule has 1 aliphatic rings. The SMILES string of the molecule is CC.CCc1c(NC)cccc1Sc1ncc(N2CCC(C)(N)CC2)nc1N. The van der Waals surface area contributed by atoms with Crippen LogP contribution in [0.5, 0.6) is 0 Å². The van der Waals surface area contributed by atoms with E-state index in [0.717, 1.165) is 53.8 Å². The van der Waals surface area contributed by atoms with E-state index >= 15 is 0 Å². The van der Waals surface area contributed by atoms with Gasteiger partial charge in [0.05, 0.1) is 6.20 Å². The summed E-state index contributed by atoms with van der Waals surface area (Å²) in [4.78, 5) is 12.6. The van der Waals surface area contributed by atoms with Gasteiger partial charge in [-0.25, -0.2) is 9.97 Å². The maximum atomic E-state index is 6.23. The molecular formula is C21H34N6S. The van der Waals surface area contributed by atoms with Crippen LogP contribution in [-0.2, 0) is 6.42 Å². The van der Waals surface area contributed by atoms with Crippen LogP contribution in [0.3, 0.4) is 0 Å². The summed E-state index contributed by atoms with van der Waals surface area (Å²) >= 11 is 1.57. The maximum absolute atomic E-state index is 6.23. The fraction of sp³-hybridized carbons (Fsp3) is 0.524. The normalized spacial score (nSPS) is 15.6. The monoisotopic (exact) mass is 402 g/mol. The molecule has 1 aromatic heterocycles. The summed E-state index contributed by atoms with van der Waals surface area (Å²) in [5.41, 5.74) is 14.8. The zero-order valence-corrected chi connectivity index (χ0v) is 18.6. The van der Waals surface area contributed by atoms with Gasteiger partial charge in [-0.3, -0.25) is 0 Å². The standard InChI is InChI=1S/C19H28N6S.C2H6/c1-4-13-14(22-3)6-5-7-15(13)26-18-17(20)24-16(12-23-18)25-10-8-19(2,21)9-11-25;1-2/h5-7,12,22H,4,8-11,21H2,1-3H3,(H2,20,24);1-2H3. The molecule has 0 atom stereocenters. The molecule has 28 heavy (non-hydrogen) atoms. The molecule has 1 aromatic carbocycles. The van der Waals surface area contributed by atoms with E-state index in [9.17, 15) is 0 Å². The molecule has 0 aliphatic carbocycles. The van der Waals surface area contributed by atoms with Crippen LogP contribution in [0.25, 0.3) is 0 Å². The first-order chi connectivity index (χ1) is 13.4. The Kier molecular flexibility index (Phi) is 7.95. The minimum Gasteiger partial charge on any atom is -0.388 e. The highest BCUT2D eigenvalue weighted by atomic mass is 32.2. The number of nitrogens with one attached hydrogen (secondary N) is 1. The summed E-state index contributed by atoms with van der Waals surface area (Å²) in [6.07, 6.45) is 4.66. The number of piperidine rings is 1. The van der Waals surface area contributed by atoms with Crippen LogP contribution >= 0.6 is 11.8 Å². The Bertz CT molecular complexity index is 767. The number of hydrogen-bond donors (Lipinski definition) is 3. The number of hydrogen-bond acceptors (Lipinski definition) is 7. The van der Waals surface area contributed by atoms with Crippen molar-refractivity contribution in [3.05, 3.63) is 30.0 Å². The molecule has 5 N–H and O–H groups in total. The average molecular weight is 403 g/mol. The summed E-state index contributed by atoms with van der Waals surface area (Å²) in [5, 5.41) is 4.00. The van der Waals surface area contributed by atoms with Crippen molar-refractivity contribution in [3.63, 3.8) is 0 Å².